The highest BCUT2D eigenvalue weighted by Gasteiger charge is 1.97. The number of alkyl halides is 1. The van der Waals surface area contributed by atoms with Crippen LogP contribution in [0.4, 0.5) is 5.69 Å². The van der Waals surface area contributed by atoms with Gasteiger partial charge < -0.3 is 5.73 Å². The van der Waals surface area contributed by atoms with Crippen LogP contribution in [-0.2, 0) is 6.42 Å². The van der Waals surface area contributed by atoms with E-state index in [2.05, 4.69) is 0 Å². The largest absolute Gasteiger partial charge is 0.398 e. The monoisotopic (exact) mass is 189 g/mol. The van der Waals surface area contributed by atoms with E-state index in [0.29, 0.717) is 10.9 Å². The molecule has 1 aromatic carbocycles. The first-order valence-electron chi connectivity index (χ1n) is 3.34. The Hall–Kier alpha value is -0.400. The number of aryl methyl sites for hydroxylation is 1. The zero-order chi connectivity index (χ0) is 8.27. The van der Waals surface area contributed by atoms with Crippen molar-refractivity contribution >= 4 is 28.9 Å². The first kappa shape index (κ1) is 8.69. The number of hydrogen-bond donors (Lipinski definition) is 1. The molecule has 2 N–H and O–H groups in total. The van der Waals surface area contributed by atoms with Gasteiger partial charge >= 0.3 is 0 Å². The van der Waals surface area contributed by atoms with E-state index in [0.717, 1.165) is 17.7 Å². The molecule has 0 spiro atoms. The van der Waals surface area contributed by atoms with Crippen LogP contribution >= 0.6 is 23.2 Å². The van der Waals surface area contributed by atoms with E-state index >= 15 is 0 Å². The molecule has 0 saturated carbocycles. The topological polar surface area (TPSA) is 26.0 Å². The van der Waals surface area contributed by atoms with Crippen LogP contribution in [0.1, 0.15) is 5.56 Å². The van der Waals surface area contributed by atoms with Crippen LogP contribution < -0.4 is 5.73 Å². The van der Waals surface area contributed by atoms with Gasteiger partial charge in [-0.2, -0.15) is 0 Å². The molecule has 0 unspecified atom stereocenters. The zero-order valence-electron chi connectivity index (χ0n) is 5.98. The molecular formula is C8H9Cl2N. The first-order chi connectivity index (χ1) is 5.24. The van der Waals surface area contributed by atoms with Crippen molar-refractivity contribution in [2.24, 2.45) is 0 Å². The van der Waals surface area contributed by atoms with Crippen molar-refractivity contribution in [2.75, 3.05) is 11.6 Å². The predicted molar refractivity (Wildman–Crippen MR) is 50.3 cm³/mol. The summed E-state index contributed by atoms with van der Waals surface area (Å²) < 4.78 is 0. The van der Waals surface area contributed by atoms with E-state index in [1.165, 1.54) is 0 Å². The Bertz CT molecular complexity index is 248. The van der Waals surface area contributed by atoms with E-state index in [4.69, 9.17) is 28.9 Å². The third-order valence-corrected chi connectivity index (χ3v) is 1.90. The van der Waals surface area contributed by atoms with E-state index < -0.39 is 0 Å². The van der Waals surface area contributed by atoms with Gasteiger partial charge in [0, 0.05) is 16.6 Å². The molecular weight excluding hydrogens is 181 g/mol. The SMILES string of the molecule is Nc1cc(Cl)ccc1CCCl. The number of halogens is 2. The smallest absolute Gasteiger partial charge is 0.0426 e. The minimum absolute atomic E-state index is 0.589. The van der Waals surface area contributed by atoms with E-state index in [9.17, 15) is 0 Å². The molecule has 11 heavy (non-hydrogen) atoms. The lowest BCUT2D eigenvalue weighted by Crippen LogP contribution is -1.94. The Kier molecular flexibility index (Phi) is 3.03. The minimum Gasteiger partial charge on any atom is -0.398 e. The van der Waals surface area contributed by atoms with Gasteiger partial charge in [0.05, 0.1) is 0 Å². The summed E-state index contributed by atoms with van der Waals surface area (Å²) in [5.74, 6) is 0.589. The maximum absolute atomic E-state index is 5.70. The fourth-order valence-electron chi connectivity index (χ4n) is 0.895. The molecule has 3 heteroatoms. The van der Waals surface area contributed by atoms with Crippen LogP contribution in [0.5, 0.6) is 0 Å². The minimum atomic E-state index is 0.589. The number of anilines is 1. The van der Waals surface area contributed by atoms with Gasteiger partial charge in [-0.05, 0) is 24.1 Å². The van der Waals surface area contributed by atoms with Gasteiger partial charge in [-0.1, -0.05) is 17.7 Å². The van der Waals surface area contributed by atoms with Crippen LogP contribution in [0.25, 0.3) is 0 Å². The summed E-state index contributed by atoms with van der Waals surface area (Å²) in [6, 6.07) is 5.46. The normalized spacial score (nSPS) is 10.0. The zero-order valence-corrected chi connectivity index (χ0v) is 7.49. The van der Waals surface area contributed by atoms with Gasteiger partial charge in [0.25, 0.3) is 0 Å². The Morgan fingerprint density at radius 3 is 2.64 bits per heavy atom. The van der Waals surface area contributed by atoms with Gasteiger partial charge in [-0.3, -0.25) is 0 Å². The highest BCUT2D eigenvalue weighted by molar-refractivity contribution is 6.30. The second kappa shape index (κ2) is 3.84. The molecule has 0 bridgehead atoms. The van der Waals surface area contributed by atoms with Crippen LogP contribution in [0.15, 0.2) is 18.2 Å². The molecule has 0 amide bonds. The lowest BCUT2D eigenvalue weighted by Gasteiger charge is -2.02. The number of nitrogens with two attached hydrogens (primary N) is 1. The van der Waals surface area contributed by atoms with Crippen molar-refractivity contribution in [3.8, 4) is 0 Å². The highest BCUT2D eigenvalue weighted by Crippen LogP contribution is 2.18. The lowest BCUT2D eigenvalue weighted by molar-refractivity contribution is 1.15. The number of rotatable bonds is 2. The van der Waals surface area contributed by atoms with Crippen molar-refractivity contribution in [3.05, 3.63) is 28.8 Å². The second-order valence-corrected chi connectivity index (χ2v) is 3.10. The van der Waals surface area contributed by atoms with Crippen molar-refractivity contribution < 1.29 is 0 Å². The second-order valence-electron chi connectivity index (χ2n) is 2.28. The molecule has 1 rings (SSSR count). The van der Waals surface area contributed by atoms with E-state index in [-0.39, 0.29) is 0 Å². The third kappa shape index (κ3) is 2.28. The van der Waals surface area contributed by atoms with Crippen molar-refractivity contribution in [1.29, 1.82) is 0 Å². The average Bonchev–Trinajstić information content (AvgIpc) is 1.95. The quantitative estimate of drug-likeness (QED) is 0.563. The van der Waals surface area contributed by atoms with Gasteiger partial charge in [-0.15, -0.1) is 11.6 Å². The summed E-state index contributed by atoms with van der Waals surface area (Å²) in [6.45, 7) is 0. The summed E-state index contributed by atoms with van der Waals surface area (Å²) in [5.41, 5.74) is 7.44. The first-order valence-corrected chi connectivity index (χ1v) is 4.25. The molecule has 0 radical (unpaired) electrons. The Morgan fingerprint density at radius 1 is 1.36 bits per heavy atom. The van der Waals surface area contributed by atoms with Gasteiger partial charge in [0.15, 0.2) is 0 Å². The van der Waals surface area contributed by atoms with Crippen LogP contribution in [0, 0.1) is 0 Å². The molecule has 0 fully saturated rings. The highest BCUT2D eigenvalue weighted by atomic mass is 35.5. The van der Waals surface area contributed by atoms with E-state index in [1.807, 2.05) is 12.1 Å². The van der Waals surface area contributed by atoms with Crippen molar-refractivity contribution in [2.45, 2.75) is 6.42 Å². The summed E-state index contributed by atoms with van der Waals surface area (Å²) >= 11 is 11.3. The molecule has 0 heterocycles. The van der Waals surface area contributed by atoms with Crippen LogP contribution in [0.3, 0.4) is 0 Å². The molecule has 0 aliphatic rings. The molecule has 1 nitrogen and oxygen atoms in total. The number of hydrogen-bond acceptors (Lipinski definition) is 1. The Balaban J connectivity index is 2.90. The Labute approximate surface area is 76.1 Å². The van der Waals surface area contributed by atoms with E-state index in [1.54, 1.807) is 6.07 Å². The number of benzene rings is 1. The lowest BCUT2D eigenvalue weighted by atomic mass is 10.1. The van der Waals surface area contributed by atoms with Crippen LogP contribution in [-0.4, -0.2) is 5.88 Å². The summed E-state index contributed by atoms with van der Waals surface area (Å²) in [7, 11) is 0. The summed E-state index contributed by atoms with van der Waals surface area (Å²) in [5, 5.41) is 0.667. The van der Waals surface area contributed by atoms with Crippen molar-refractivity contribution in [3.63, 3.8) is 0 Å². The molecule has 0 aliphatic carbocycles. The number of nitrogen functional groups attached to an aromatic ring is 1. The molecule has 60 valence electrons. The van der Waals surface area contributed by atoms with Gasteiger partial charge in [-0.25, -0.2) is 0 Å². The molecule has 0 atom stereocenters. The standard InChI is InChI=1S/C8H9Cl2N/c9-4-3-6-1-2-7(10)5-8(6)11/h1-2,5H,3-4,11H2. The average molecular weight is 190 g/mol. The fourth-order valence-corrected chi connectivity index (χ4v) is 1.28. The molecule has 1 aromatic rings. The maximum atomic E-state index is 5.70. The summed E-state index contributed by atoms with van der Waals surface area (Å²) in [4.78, 5) is 0. The molecule has 0 saturated heterocycles. The third-order valence-electron chi connectivity index (χ3n) is 1.47. The van der Waals surface area contributed by atoms with Crippen LogP contribution in [0.2, 0.25) is 5.02 Å². The van der Waals surface area contributed by atoms with Gasteiger partial charge in [0.2, 0.25) is 0 Å². The van der Waals surface area contributed by atoms with Gasteiger partial charge in [0.1, 0.15) is 0 Å². The summed E-state index contributed by atoms with van der Waals surface area (Å²) in [6.07, 6.45) is 0.796. The maximum Gasteiger partial charge on any atom is 0.0426 e. The fraction of sp³-hybridized carbons (Fsp3) is 0.250. The molecule has 0 aromatic heterocycles. The van der Waals surface area contributed by atoms with Crippen molar-refractivity contribution in [1.82, 2.24) is 0 Å². The molecule has 0 aliphatic heterocycles. The Morgan fingerprint density at radius 2 is 2.09 bits per heavy atom. The predicted octanol–water partition coefficient (Wildman–Crippen LogP) is 2.70.